The average molecular weight is 901 g/mol. The van der Waals surface area contributed by atoms with Gasteiger partial charge in [0.15, 0.2) is 6.10 Å². The van der Waals surface area contributed by atoms with Gasteiger partial charge in [-0.05, 0) is 122 Å². The highest BCUT2D eigenvalue weighted by Gasteiger charge is 2.19. The van der Waals surface area contributed by atoms with Gasteiger partial charge in [0.1, 0.15) is 13.2 Å². The first-order valence-electron chi connectivity index (χ1n) is 26.4. The van der Waals surface area contributed by atoms with E-state index in [4.69, 9.17) is 14.2 Å². The molecule has 0 aromatic rings. The third-order valence-corrected chi connectivity index (χ3v) is 10.7. The summed E-state index contributed by atoms with van der Waals surface area (Å²) in [4.78, 5) is 38.0. The van der Waals surface area contributed by atoms with Gasteiger partial charge in [-0.25, -0.2) is 0 Å². The molecule has 0 fully saturated rings. The molecule has 0 aliphatic rings. The van der Waals surface area contributed by atoms with Gasteiger partial charge in [-0.3, -0.25) is 14.4 Å². The molecule has 368 valence electrons. The predicted molar refractivity (Wildman–Crippen MR) is 279 cm³/mol. The van der Waals surface area contributed by atoms with Crippen LogP contribution in [0.5, 0.6) is 0 Å². The van der Waals surface area contributed by atoms with E-state index >= 15 is 0 Å². The Labute approximate surface area is 400 Å². The lowest BCUT2D eigenvalue weighted by molar-refractivity contribution is -0.167. The molecule has 0 N–H and O–H groups in total. The summed E-state index contributed by atoms with van der Waals surface area (Å²) in [5, 5.41) is 0. The average Bonchev–Trinajstić information content (AvgIpc) is 3.30. The van der Waals surface area contributed by atoms with Crippen molar-refractivity contribution in [3.63, 3.8) is 0 Å². The van der Waals surface area contributed by atoms with Crippen molar-refractivity contribution < 1.29 is 28.6 Å². The maximum absolute atomic E-state index is 12.8. The van der Waals surface area contributed by atoms with Crippen LogP contribution in [0.3, 0.4) is 0 Å². The zero-order valence-corrected chi connectivity index (χ0v) is 42.0. The van der Waals surface area contributed by atoms with Crippen LogP contribution in [-0.2, 0) is 28.6 Å². The molecule has 0 aromatic carbocycles. The Balaban J connectivity index is 4.49. The summed E-state index contributed by atoms with van der Waals surface area (Å²) < 4.78 is 16.7. The molecule has 65 heavy (non-hydrogen) atoms. The van der Waals surface area contributed by atoms with Crippen molar-refractivity contribution in [1.29, 1.82) is 0 Å². The Morgan fingerprint density at radius 1 is 0.323 bits per heavy atom. The lowest BCUT2D eigenvalue weighted by Crippen LogP contribution is -2.30. The summed E-state index contributed by atoms with van der Waals surface area (Å²) in [6, 6.07) is 0. The summed E-state index contributed by atoms with van der Waals surface area (Å²) in [5.41, 5.74) is 0. The Morgan fingerprint density at radius 2 is 0.615 bits per heavy atom. The van der Waals surface area contributed by atoms with E-state index in [2.05, 4.69) is 130 Å². The third-order valence-electron chi connectivity index (χ3n) is 10.7. The monoisotopic (exact) mass is 901 g/mol. The minimum Gasteiger partial charge on any atom is -0.462 e. The van der Waals surface area contributed by atoms with Crippen molar-refractivity contribution in [2.75, 3.05) is 13.2 Å². The van der Waals surface area contributed by atoms with E-state index in [0.717, 1.165) is 135 Å². The van der Waals surface area contributed by atoms with Crippen LogP contribution in [0.15, 0.2) is 109 Å². The first kappa shape index (κ1) is 61.1. The van der Waals surface area contributed by atoms with Gasteiger partial charge in [0, 0.05) is 19.3 Å². The number of ether oxygens (including phenoxy) is 3. The Kier molecular flexibility index (Phi) is 49.5. The number of esters is 3. The minimum atomic E-state index is -0.808. The quantitative estimate of drug-likeness (QED) is 0.0262. The normalized spacial score (nSPS) is 13.0. The van der Waals surface area contributed by atoms with Crippen LogP contribution in [0.2, 0.25) is 0 Å². The van der Waals surface area contributed by atoms with E-state index in [1.165, 1.54) is 51.4 Å². The molecule has 0 aliphatic heterocycles. The molecule has 6 heteroatoms. The predicted octanol–water partition coefficient (Wildman–Crippen LogP) is 17.5. The molecule has 0 radical (unpaired) electrons. The van der Waals surface area contributed by atoms with Crippen LogP contribution in [0.25, 0.3) is 0 Å². The molecular weight excluding hydrogens is 805 g/mol. The Bertz CT molecular complexity index is 1360. The van der Waals surface area contributed by atoms with E-state index in [9.17, 15) is 14.4 Å². The van der Waals surface area contributed by atoms with Gasteiger partial charge in [-0.2, -0.15) is 0 Å². The summed E-state index contributed by atoms with van der Waals surface area (Å²) in [6.07, 6.45) is 70.7. The van der Waals surface area contributed by atoms with Gasteiger partial charge in [-0.1, -0.05) is 194 Å². The molecule has 0 aromatic heterocycles. The van der Waals surface area contributed by atoms with E-state index in [0.29, 0.717) is 19.3 Å². The van der Waals surface area contributed by atoms with Crippen molar-refractivity contribution in [2.24, 2.45) is 0 Å². The van der Waals surface area contributed by atoms with Crippen LogP contribution >= 0.6 is 0 Å². The summed E-state index contributed by atoms with van der Waals surface area (Å²) in [6.45, 7) is 6.39. The summed E-state index contributed by atoms with van der Waals surface area (Å²) in [7, 11) is 0. The van der Waals surface area contributed by atoms with Gasteiger partial charge < -0.3 is 14.2 Å². The molecule has 6 nitrogen and oxygen atoms in total. The zero-order valence-electron chi connectivity index (χ0n) is 42.0. The van der Waals surface area contributed by atoms with Crippen LogP contribution in [0.4, 0.5) is 0 Å². The van der Waals surface area contributed by atoms with Crippen molar-refractivity contribution in [2.45, 2.75) is 232 Å². The van der Waals surface area contributed by atoms with Crippen molar-refractivity contribution in [1.82, 2.24) is 0 Å². The van der Waals surface area contributed by atoms with Gasteiger partial charge in [0.2, 0.25) is 0 Å². The highest BCUT2D eigenvalue weighted by atomic mass is 16.6. The summed E-state index contributed by atoms with van der Waals surface area (Å²) >= 11 is 0. The van der Waals surface area contributed by atoms with Gasteiger partial charge in [0.05, 0.1) is 0 Å². The Hall–Kier alpha value is -3.93. The number of hydrogen-bond donors (Lipinski definition) is 0. The number of carbonyl (C=O) groups is 3. The second-order valence-corrected chi connectivity index (χ2v) is 17.0. The lowest BCUT2D eigenvalue weighted by atomic mass is 10.1. The smallest absolute Gasteiger partial charge is 0.306 e. The molecule has 0 bridgehead atoms. The van der Waals surface area contributed by atoms with Gasteiger partial charge >= 0.3 is 17.9 Å². The van der Waals surface area contributed by atoms with Crippen molar-refractivity contribution in [3.8, 4) is 0 Å². The van der Waals surface area contributed by atoms with Crippen LogP contribution in [-0.4, -0.2) is 37.2 Å². The largest absolute Gasteiger partial charge is 0.462 e. The molecule has 0 aliphatic carbocycles. The molecule has 0 spiro atoms. The van der Waals surface area contributed by atoms with Crippen molar-refractivity contribution in [3.05, 3.63) is 109 Å². The van der Waals surface area contributed by atoms with Gasteiger partial charge in [0.25, 0.3) is 0 Å². The van der Waals surface area contributed by atoms with E-state index in [1.807, 2.05) is 0 Å². The first-order chi connectivity index (χ1) is 32.0. The van der Waals surface area contributed by atoms with E-state index in [1.54, 1.807) is 0 Å². The fraction of sp³-hybridized carbons (Fsp3) is 0.644. The molecule has 0 amide bonds. The zero-order chi connectivity index (χ0) is 47.2. The standard InChI is InChI=1S/C59H96O6/c1-4-7-10-13-16-19-22-24-26-28-29-31-32-34-37-40-43-46-49-52-58(61)64-55-56(54-63-57(60)51-48-45-42-39-36-21-18-15-12-9-6-3)65-59(62)53-50-47-44-41-38-35-33-30-27-25-23-20-17-14-11-8-5-2/h7,10,15-20,24-27,29,31,33-35,37,56H,4-6,8-9,11-14,21-23,28,30,32,36,38-55H2,1-3H3/b10-7-,18-15-,19-16-,20-17-,26-24-,27-25-,31-29-,35-33-,37-34-/t56-/m1/s1. The lowest BCUT2D eigenvalue weighted by Gasteiger charge is -2.18. The van der Waals surface area contributed by atoms with Gasteiger partial charge in [-0.15, -0.1) is 0 Å². The topological polar surface area (TPSA) is 78.9 Å². The molecule has 0 unspecified atom stereocenters. The van der Waals surface area contributed by atoms with E-state index < -0.39 is 6.10 Å². The first-order valence-corrected chi connectivity index (χ1v) is 26.4. The summed E-state index contributed by atoms with van der Waals surface area (Å²) in [5.74, 6) is -0.974. The maximum atomic E-state index is 12.8. The molecular formula is C59H96O6. The van der Waals surface area contributed by atoms with Crippen molar-refractivity contribution >= 4 is 17.9 Å². The Morgan fingerprint density at radius 3 is 1.02 bits per heavy atom. The fourth-order valence-corrected chi connectivity index (χ4v) is 6.75. The maximum Gasteiger partial charge on any atom is 0.306 e. The molecule has 0 saturated carbocycles. The SMILES string of the molecule is CC/C=C\C/C=C\C/C=C\C/C=C\C/C=C\CCCCCC(=O)OC[C@@H](COC(=O)CCCCCCC/C=C\CCCC)OC(=O)CCCCCC/C=C\C/C=C\C/C=C\CCCCC. The van der Waals surface area contributed by atoms with Crippen LogP contribution in [0, 0.1) is 0 Å². The third kappa shape index (κ3) is 50.9. The highest BCUT2D eigenvalue weighted by molar-refractivity contribution is 5.71. The second kappa shape index (κ2) is 52.7. The molecule has 0 saturated heterocycles. The highest BCUT2D eigenvalue weighted by Crippen LogP contribution is 2.12. The molecule has 0 rings (SSSR count). The van der Waals surface area contributed by atoms with Crippen LogP contribution in [0.1, 0.15) is 226 Å². The number of hydrogen-bond acceptors (Lipinski definition) is 6. The number of allylic oxidation sites excluding steroid dienone is 18. The number of rotatable bonds is 46. The second-order valence-electron chi connectivity index (χ2n) is 17.0. The fourth-order valence-electron chi connectivity index (χ4n) is 6.75. The van der Waals surface area contributed by atoms with Crippen LogP contribution < -0.4 is 0 Å². The number of carbonyl (C=O) groups excluding carboxylic acids is 3. The minimum absolute atomic E-state index is 0.104. The van der Waals surface area contributed by atoms with E-state index in [-0.39, 0.29) is 31.1 Å². The molecule has 1 atom stereocenters. The number of unbranched alkanes of at least 4 members (excludes halogenated alkanes) is 17. The molecule has 0 heterocycles.